The third kappa shape index (κ3) is 4.67. The number of nitrogens with two attached hydrogens (primary N) is 1. The highest BCUT2D eigenvalue weighted by molar-refractivity contribution is 5.99. The SMILES string of the molecule is CC[C@]1(C)CC(=O)N([C@H](c2cncc(F)c2)[C@@H]2C[C@H]2C(=O)N[C@@H]2c3ccccc3OCC2(C)C)C(N)=N1. The molecule has 0 spiro atoms. The van der Waals surface area contributed by atoms with Crippen LogP contribution in [0.4, 0.5) is 4.39 Å². The Balaban J connectivity index is 1.43. The number of benzene rings is 1. The Morgan fingerprint density at radius 3 is 2.76 bits per heavy atom. The van der Waals surface area contributed by atoms with E-state index in [0.29, 0.717) is 25.0 Å². The van der Waals surface area contributed by atoms with Crippen molar-refractivity contribution in [1.82, 2.24) is 15.2 Å². The van der Waals surface area contributed by atoms with Crippen molar-refractivity contribution in [2.24, 2.45) is 28.0 Å². The normalized spacial score (nSPS) is 29.0. The molecule has 3 heterocycles. The summed E-state index contributed by atoms with van der Waals surface area (Å²) in [5.74, 6) is -0.539. The molecule has 0 bridgehead atoms. The highest BCUT2D eigenvalue weighted by Crippen LogP contribution is 2.52. The van der Waals surface area contributed by atoms with E-state index in [4.69, 9.17) is 10.5 Å². The van der Waals surface area contributed by atoms with Crippen LogP contribution < -0.4 is 15.8 Å². The van der Waals surface area contributed by atoms with Crippen molar-refractivity contribution in [2.45, 2.75) is 64.6 Å². The van der Waals surface area contributed by atoms with Crippen LogP contribution in [0.5, 0.6) is 5.75 Å². The minimum absolute atomic E-state index is 0.0976. The second kappa shape index (κ2) is 9.11. The van der Waals surface area contributed by atoms with Crippen LogP contribution in [-0.4, -0.2) is 39.8 Å². The van der Waals surface area contributed by atoms with Gasteiger partial charge in [-0.05, 0) is 43.4 Å². The van der Waals surface area contributed by atoms with Gasteiger partial charge in [0.15, 0.2) is 5.96 Å². The highest BCUT2D eigenvalue weighted by atomic mass is 19.1. The molecule has 8 nitrogen and oxygen atoms in total. The zero-order valence-electron chi connectivity index (χ0n) is 21.7. The summed E-state index contributed by atoms with van der Waals surface area (Å²) in [6, 6.07) is 8.23. The summed E-state index contributed by atoms with van der Waals surface area (Å²) < 4.78 is 20.1. The molecule has 2 aromatic rings. The van der Waals surface area contributed by atoms with Crippen LogP contribution in [-0.2, 0) is 9.59 Å². The average molecular weight is 508 g/mol. The van der Waals surface area contributed by atoms with E-state index in [9.17, 15) is 14.0 Å². The van der Waals surface area contributed by atoms with Gasteiger partial charge in [-0.15, -0.1) is 0 Å². The number of nitrogens with zero attached hydrogens (tertiary/aromatic N) is 3. The second-order valence-electron chi connectivity index (χ2n) is 11.4. The van der Waals surface area contributed by atoms with Crippen LogP contribution in [0.1, 0.15) is 70.2 Å². The van der Waals surface area contributed by atoms with Crippen LogP contribution in [0.3, 0.4) is 0 Å². The quantitative estimate of drug-likeness (QED) is 0.617. The molecule has 5 atom stereocenters. The smallest absolute Gasteiger partial charge is 0.232 e. The van der Waals surface area contributed by atoms with Gasteiger partial charge in [-0.3, -0.25) is 19.5 Å². The van der Waals surface area contributed by atoms with Gasteiger partial charge in [-0.1, -0.05) is 39.0 Å². The lowest BCUT2D eigenvalue weighted by Gasteiger charge is -2.40. The van der Waals surface area contributed by atoms with Crippen LogP contribution in [0.25, 0.3) is 0 Å². The van der Waals surface area contributed by atoms with E-state index in [1.807, 2.05) is 38.1 Å². The van der Waals surface area contributed by atoms with E-state index >= 15 is 0 Å². The molecule has 1 aromatic carbocycles. The minimum Gasteiger partial charge on any atom is -0.493 e. The van der Waals surface area contributed by atoms with E-state index in [1.165, 1.54) is 17.2 Å². The molecule has 1 aliphatic carbocycles. The Hall–Kier alpha value is -3.49. The fraction of sp³-hybridized carbons (Fsp3) is 0.500. The summed E-state index contributed by atoms with van der Waals surface area (Å²) in [4.78, 5) is 37.0. The molecule has 1 aromatic heterocycles. The topological polar surface area (TPSA) is 110 Å². The molecule has 1 saturated carbocycles. The average Bonchev–Trinajstić information content (AvgIpc) is 3.63. The first kappa shape index (κ1) is 25.2. The fourth-order valence-corrected chi connectivity index (χ4v) is 5.59. The lowest BCUT2D eigenvalue weighted by Crippen LogP contribution is -2.52. The van der Waals surface area contributed by atoms with Crippen LogP contribution in [0.15, 0.2) is 47.7 Å². The molecule has 3 aliphatic rings. The molecule has 2 amide bonds. The number of pyridine rings is 1. The number of carbonyl (C=O) groups excluding carboxylic acids is 2. The molecule has 9 heteroatoms. The van der Waals surface area contributed by atoms with Gasteiger partial charge in [-0.2, -0.15) is 0 Å². The lowest BCUT2D eigenvalue weighted by molar-refractivity contribution is -0.132. The Morgan fingerprint density at radius 1 is 1.30 bits per heavy atom. The number of hydrogen-bond acceptors (Lipinski definition) is 6. The maximum atomic E-state index is 14.2. The number of para-hydroxylation sites is 1. The Labute approximate surface area is 216 Å². The van der Waals surface area contributed by atoms with E-state index in [0.717, 1.165) is 17.5 Å². The number of aliphatic imine (C=N–C) groups is 1. The monoisotopic (exact) mass is 507 g/mol. The van der Waals surface area contributed by atoms with Gasteiger partial charge in [0.05, 0.1) is 36.8 Å². The van der Waals surface area contributed by atoms with Crippen molar-refractivity contribution in [1.29, 1.82) is 0 Å². The molecule has 0 saturated heterocycles. The fourth-order valence-electron chi connectivity index (χ4n) is 5.59. The summed E-state index contributed by atoms with van der Waals surface area (Å²) in [6.07, 6.45) is 4.05. The van der Waals surface area contributed by atoms with Crippen molar-refractivity contribution >= 4 is 17.8 Å². The van der Waals surface area contributed by atoms with Crippen molar-refractivity contribution in [3.63, 3.8) is 0 Å². The van der Waals surface area contributed by atoms with Gasteiger partial charge >= 0.3 is 0 Å². The molecule has 0 unspecified atom stereocenters. The first-order valence-corrected chi connectivity index (χ1v) is 12.8. The summed E-state index contributed by atoms with van der Waals surface area (Å²) in [5, 5.41) is 3.25. The predicted molar refractivity (Wildman–Crippen MR) is 137 cm³/mol. The molecular formula is C28H34FN5O3. The summed E-state index contributed by atoms with van der Waals surface area (Å²) in [6.45, 7) is 8.47. The number of fused-ring (bicyclic) bond motifs is 1. The van der Waals surface area contributed by atoms with E-state index < -0.39 is 17.4 Å². The number of aromatic nitrogens is 1. The zero-order chi connectivity index (χ0) is 26.5. The number of rotatable bonds is 6. The molecule has 3 N–H and O–H groups in total. The Bertz CT molecular complexity index is 1260. The largest absolute Gasteiger partial charge is 0.493 e. The van der Waals surface area contributed by atoms with Gasteiger partial charge < -0.3 is 15.8 Å². The van der Waals surface area contributed by atoms with E-state index in [2.05, 4.69) is 29.1 Å². The number of carbonyl (C=O) groups is 2. The third-order valence-electron chi connectivity index (χ3n) is 8.02. The van der Waals surface area contributed by atoms with Crippen molar-refractivity contribution in [2.75, 3.05) is 6.61 Å². The standard InChI is InChI=1S/C28H34FN5O3/c1-5-28(4)12-22(35)34(26(30)33-28)23(16-10-17(29)14-31-13-16)19-11-20(19)25(36)32-24-18-8-6-7-9-21(18)37-15-27(24,2)3/h6-10,13-14,19-20,23-24H,5,11-12,15H2,1-4H3,(H2,30,33)(H,32,36)/t19-,20-,23-,24-,28-/m1/s1. The molecule has 37 heavy (non-hydrogen) atoms. The number of amides is 2. The number of halogens is 1. The number of ether oxygens (including phenoxy) is 1. The molecule has 2 aliphatic heterocycles. The Morgan fingerprint density at radius 2 is 2.05 bits per heavy atom. The second-order valence-corrected chi connectivity index (χ2v) is 11.4. The van der Waals surface area contributed by atoms with E-state index in [-0.39, 0.29) is 47.5 Å². The van der Waals surface area contributed by atoms with Crippen LogP contribution in [0, 0.1) is 23.1 Å². The maximum Gasteiger partial charge on any atom is 0.232 e. The number of hydrogen-bond donors (Lipinski definition) is 2. The van der Waals surface area contributed by atoms with Crippen molar-refractivity contribution in [3.05, 3.63) is 59.7 Å². The van der Waals surface area contributed by atoms with Gasteiger partial charge in [0.2, 0.25) is 11.8 Å². The maximum absolute atomic E-state index is 14.2. The summed E-state index contributed by atoms with van der Waals surface area (Å²) in [7, 11) is 0. The van der Waals surface area contributed by atoms with Crippen molar-refractivity contribution < 1.29 is 18.7 Å². The molecule has 5 rings (SSSR count). The molecular weight excluding hydrogens is 473 g/mol. The number of guanidine groups is 1. The van der Waals surface area contributed by atoms with Gasteiger partial charge in [0.1, 0.15) is 11.6 Å². The van der Waals surface area contributed by atoms with Crippen LogP contribution >= 0.6 is 0 Å². The predicted octanol–water partition coefficient (Wildman–Crippen LogP) is 3.89. The van der Waals surface area contributed by atoms with E-state index in [1.54, 1.807) is 0 Å². The van der Waals surface area contributed by atoms with Gasteiger partial charge in [-0.25, -0.2) is 9.38 Å². The molecule has 0 radical (unpaired) electrons. The summed E-state index contributed by atoms with van der Waals surface area (Å²) >= 11 is 0. The molecule has 1 fully saturated rings. The molecule has 196 valence electrons. The summed E-state index contributed by atoms with van der Waals surface area (Å²) in [5.41, 5.74) is 6.90. The van der Waals surface area contributed by atoms with Crippen LogP contribution in [0.2, 0.25) is 0 Å². The zero-order valence-corrected chi connectivity index (χ0v) is 21.7. The minimum atomic E-state index is -0.633. The first-order valence-electron chi connectivity index (χ1n) is 12.8. The lowest BCUT2D eigenvalue weighted by atomic mass is 9.79. The van der Waals surface area contributed by atoms with Crippen molar-refractivity contribution in [3.8, 4) is 5.75 Å². The van der Waals surface area contributed by atoms with Gasteiger partial charge in [0.25, 0.3) is 0 Å². The third-order valence-corrected chi connectivity index (χ3v) is 8.02. The number of nitrogens with one attached hydrogen (secondary N) is 1. The highest BCUT2D eigenvalue weighted by Gasteiger charge is 2.54. The van der Waals surface area contributed by atoms with Gasteiger partial charge in [0, 0.05) is 23.1 Å². The first-order chi connectivity index (χ1) is 17.5. The Kier molecular flexibility index (Phi) is 6.20.